The Morgan fingerprint density at radius 1 is 1.35 bits per heavy atom. The minimum Gasteiger partial charge on any atom is -0.393 e. The fourth-order valence-corrected chi connectivity index (χ4v) is 3.42. The highest BCUT2D eigenvalue weighted by atomic mass is 19.1. The summed E-state index contributed by atoms with van der Waals surface area (Å²) in [4.78, 5) is 2.35. The lowest BCUT2D eigenvalue weighted by Crippen LogP contribution is -2.32. The van der Waals surface area contributed by atoms with Gasteiger partial charge in [0, 0.05) is 31.4 Å². The molecular weight excluding hydrogens is 293 g/mol. The summed E-state index contributed by atoms with van der Waals surface area (Å²) in [6.45, 7) is 6.96. The summed E-state index contributed by atoms with van der Waals surface area (Å²) in [7, 11) is 0. The van der Waals surface area contributed by atoms with E-state index in [1.165, 1.54) is 6.07 Å². The molecule has 124 valence electrons. The first-order valence-corrected chi connectivity index (χ1v) is 8.12. The standard InChI is InChI=1S/C18H24FN3O/c1-18(2)9-15(23)7-8-21(13-18)11-14-10-20-22(12-14)17-6-4-3-5-16(17)19/h3-6,10,12,15,23H,7-9,11,13H2,1-2H3/t15-/m1/s1. The van der Waals surface area contributed by atoms with Gasteiger partial charge in [0.25, 0.3) is 0 Å². The number of para-hydroxylation sites is 1. The maximum Gasteiger partial charge on any atom is 0.148 e. The van der Waals surface area contributed by atoms with E-state index in [-0.39, 0.29) is 17.3 Å². The van der Waals surface area contributed by atoms with Crippen LogP contribution < -0.4 is 0 Å². The molecule has 1 atom stereocenters. The molecule has 0 unspecified atom stereocenters. The SMILES string of the molecule is CC1(C)C[C@H](O)CCN(Cc2cnn(-c3ccccc3F)c2)C1. The van der Waals surface area contributed by atoms with Crippen LogP contribution in [0.15, 0.2) is 36.7 Å². The molecule has 4 nitrogen and oxygen atoms in total. The summed E-state index contributed by atoms with van der Waals surface area (Å²) >= 11 is 0. The van der Waals surface area contributed by atoms with Crippen molar-refractivity contribution in [3.05, 3.63) is 48.0 Å². The predicted molar refractivity (Wildman–Crippen MR) is 87.8 cm³/mol. The maximum atomic E-state index is 13.8. The third-order valence-electron chi connectivity index (χ3n) is 4.36. The number of benzene rings is 1. The zero-order valence-corrected chi connectivity index (χ0v) is 13.7. The van der Waals surface area contributed by atoms with E-state index in [1.54, 1.807) is 29.1 Å². The van der Waals surface area contributed by atoms with E-state index in [0.717, 1.165) is 38.0 Å². The Bertz CT molecular complexity index is 668. The fourth-order valence-electron chi connectivity index (χ4n) is 3.42. The zero-order valence-electron chi connectivity index (χ0n) is 13.7. The second-order valence-electron chi connectivity index (χ2n) is 7.27. The predicted octanol–water partition coefficient (Wildman–Crippen LogP) is 2.99. The summed E-state index contributed by atoms with van der Waals surface area (Å²) < 4.78 is 15.4. The second-order valence-corrected chi connectivity index (χ2v) is 7.27. The Labute approximate surface area is 136 Å². The monoisotopic (exact) mass is 317 g/mol. The summed E-state index contributed by atoms with van der Waals surface area (Å²) in [5, 5.41) is 14.3. The molecular formula is C18H24FN3O. The third kappa shape index (κ3) is 3.98. The molecule has 1 saturated heterocycles. The first kappa shape index (κ1) is 16.1. The lowest BCUT2D eigenvalue weighted by atomic mass is 9.87. The number of hydrogen-bond donors (Lipinski definition) is 1. The van der Waals surface area contributed by atoms with Crippen LogP contribution in [0, 0.1) is 11.2 Å². The molecule has 1 aliphatic heterocycles. The van der Waals surface area contributed by atoms with Crippen LogP contribution in [0.25, 0.3) is 5.69 Å². The van der Waals surface area contributed by atoms with Crippen molar-refractivity contribution in [3.63, 3.8) is 0 Å². The van der Waals surface area contributed by atoms with Crippen LogP contribution in [0.5, 0.6) is 0 Å². The molecule has 0 spiro atoms. The maximum absolute atomic E-state index is 13.8. The molecule has 1 fully saturated rings. The van der Waals surface area contributed by atoms with E-state index >= 15 is 0 Å². The normalized spacial score (nSPS) is 22.0. The highest BCUT2D eigenvalue weighted by Gasteiger charge is 2.29. The van der Waals surface area contributed by atoms with Crippen LogP contribution in [0.3, 0.4) is 0 Å². The van der Waals surface area contributed by atoms with E-state index in [0.29, 0.717) is 5.69 Å². The van der Waals surface area contributed by atoms with Crippen LogP contribution in [0.1, 0.15) is 32.3 Å². The number of likely N-dealkylation sites (tertiary alicyclic amines) is 1. The van der Waals surface area contributed by atoms with Crippen molar-refractivity contribution in [1.82, 2.24) is 14.7 Å². The van der Waals surface area contributed by atoms with Gasteiger partial charge in [0.1, 0.15) is 11.5 Å². The molecule has 0 radical (unpaired) electrons. The fraction of sp³-hybridized carbons (Fsp3) is 0.500. The van der Waals surface area contributed by atoms with E-state index in [2.05, 4.69) is 23.8 Å². The van der Waals surface area contributed by atoms with Gasteiger partial charge in [-0.05, 0) is 30.4 Å². The van der Waals surface area contributed by atoms with Gasteiger partial charge >= 0.3 is 0 Å². The topological polar surface area (TPSA) is 41.3 Å². The van der Waals surface area contributed by atoms with Gasteiger partial charge in [0.2, 0.25) is 0 Å². The zero-order chi connectivity index (χ0) is 16.4. The molecule has 3 rings (SSSR count). The first-order chi connectivity index (χ1) is 10.9. The van der Waals surface area contributed by atoms with Crippen molar-refractivity contribution in [2.24, 2.45) is 5.41 Å². The first-order valence-electron chi connectivity index (χ1n) is 8.12. The van der Waals surface area contributed by atoms with Gasteiger partial charge in [-0.15, -0.1) is 0 Å². The molecule has 1 aromatic carbocycles. The van der Waals surface area contributed by atoms with Crippen molar-refractivity contribution >= 4 is 0 Å². The van der Waals surface area contributed by atoms with Gasteiger partial charge in [0.15, 0.2) is 0 Å². The smallest absolute Gasteiger partial charge is 0.148 e. The lowest BCUT2D eigenvalue weighted by Gasteiger charge is -2.29. The molecule has 1 aromatic heterocycles. The Kier molecular flexibility index (Phi) is 4.50. The van der Waals surface area contributed by atoms with Gasteiger partial charge in [-0.1, -0.05) is 26.0 Å². The molecule has 0 amide bonds. The molecule has 0 aliphatic carbocycles. The molecule has 1 N–H and O–H groups in total. The molecule has 23 heavy (non-hydrogen) atoms. The number of nitrogens with zero attached hydrogens (tertiary/aromatic N) is 3. The van der Waals surface area contributed by atoms with Crippen LogP contribution in [0.2, 0.25) is 0 Å². The van der Waals surface area contributed by atoms with Crippen LogP contribution >= 0.6 is 0 Å². The Morgan fingerprint density at radius 3 is 2.91 bits per heavy atom. The van der Waals surface area contributed by atoms with Gasteiger partial charge in [-0.25, -0.2) is 9.07 Å². The minimum absolute atomic E-state index is 0.0947. The number of rotatable bonds is 3. The summed E-state index contributed by atoms with van der Waals surface area (Å²) in [5.74, 6) is -0.277. The third-order valence-corrected chi connectivity index (χ3v) is 4.36. The Morgan fingerprint density at radius 2 is 2.13 bits per heavy atom. The molecule has 0 bridgehead atoms. The van der Waals surface area contributed by atoms with Crippen LogP contribution in [0.4, 0.5) is 4.39 Å². The van der Waals surface area contributed by atoms with Crippen LogP contribution in [-0.4, -0.2) is 39.0 Å². The number of aromatic nitrogens is 2. The van der Waals surface area contributed by atoms with Gasteiger partial charge in [-0.2, -0.15) is 5.10 Å². The molecule has 5 heteroatoms. The van der Waals surface area contributed by atoms with Gasteiger partial charge < -0.3 is 5.11 Å². The van der Waals surface area contributed by atoms with E-state index in [4.69, 9.17) is 0 Å². The summed E-state index contributed by atoms with van der Waals surface area (Å²) in [6, 6.07) is 6.64. The highest BCUT2D eigenvalue weighted by Crippen LogP contribution is 2.29. The van der Waals surface area contributed by atoms with Crippen molar-refractivity contribution in [3.8, 4) is 5.69 Å². The Balaban J connectivity index is 1.73. The molecule has 1 aliphatic rings. The van der Waals surface area contributed by atoms with E-state index < -0.39 is 0 Å². The molecule has 2 aromatic rings. The van der Waals surface area contributed by atoms with Crippen LogP contribution in [-0.2, 0) is 6.54 Å². The average molecular weight is 317 g/mol. The summed E-state index contributed by atoms with van der Waals surface area (Å²) in [5.41, 5.74) is 1.61. The lowest BCUT2D eigenvalue weighted by molar-refractivity contribution is 0.121. The highest BCUT2D eigenvalue weighted by molar-refractivity contribution is 5.32. The minimum atomic E-state index is -0.277. The number of aliphatic hydroxyl groups is 1. The second kappa shape index (κ2) is 6.42. The molecule has 2 heterocycles. The molecule has 0 saturated carbocycles. The van der Waals surface area contributed by atoms with Crippen molar-refractivity contribution in [1.29, 1.82) is 0 Å². The summed E-state index contributed by atoms with van der Waals surface area (Å²) in [6.07, 6.45) is 5.08. The van der Waals surface area contributed by atoms with Crippen molar-refractivity contribution in [2.75, 3.05) is 13.1 Å². The number of hydrogen-bond acceptors (Lipinski definition) is 3. The number of halogens is 1. The average Bonchev–Trinajstić information content (AvgIpc) is 2.87. The van der Waals surface area contributed by atoms with Gasteiger partial charge in [0.05, 0.1) is 12.3 Å². The number of aliphatic hydroxyl groups excluding tert-OH is 1. The van der Waals surface area contributed by atoms with Crippen molar-refractivity contribution < 1.29 is 9.50 Å². The van der Waals surface area contributed by atoms with Gasteiger partial charge in [-0.3, -0.25) is 4.90 Å². The van der Waals surface area contributed by atoms with Crippen molar-refractivity contribution in [2.45, 2.75) is 39.3 Å². The Hall–Kier alpha value is -1.72. The largest absolute Gasteiger partial charge is 0.393 e. The van der Waals surface area contributed by atoms with E-state index in [9.17, 15) is 9.50 Å². The van der Waals surface area contributed by atoms with E-state index in [1.807, 2.05) is 6.20 Å². The quantitative estimate of drug-likeness (QED) is 0.946.